The molecule has 1 fully saturated rings. The number of hydrogen-bond donors (Lipinski definition) is 3. The molecule has 0 aromatic heterocycles. The third-order valence-electron chi connectivity index (χ3n) is 2.83. The fourth-order valence-corrected chi connectivity index (χ4v) is 2.09. The molecule has 2 atom stereocenters. The third kappa shape index (κ3) is 4.03. The maximum absolute atomic E-state index is 12.0. The molecule has 0 saturated heterocycles. The molecular weight excluding hydrogens is 224 g/mol. The van der Waals surface area contributed by atoms with Crippen molar-refractivity contribution in [3.8, 4) is 0 Å². The molecule has 2 unspecified atom stereocenters. The second-order valence-electron chi connectivity index (χ2n) is 4.40. The van der Waals surface area contributed by atoms with Gasteiger partial charge in [-0.1, -0.05) is 0 Å². The number of carbonyl (C=O) groups is 3. The summed E-state index contributed by atoms with van der Waals surface area (Å²) in [5.41, 5.74) is 15.8. The zero-order valence-electron chi connectivity index (χ0n) is 9.59. The summed E-state index contributed by atoms with van der Waals surface area (Å²) >= 11 is 0. The van der Waals surface area contributed by atoms with Crippen LogP contribution in [0.25, 0.3) is 0 Å². The topological polar surface area (TPSA) is 133 Å². The molecule has 0 heterocycles. The van der Waals surface area contributed by atoms with Crippen LogP contribution < -0.4 is 17.2 Å². The second kappa shape index (κ2) is 5.62. The molecule has 7 nitrogen and oxygen atoms in total. The molecule has 1 aliphatic carbocycles. The summed E-state index contributed by atoms with van der Waals surface area (Å²) in [6, 6.07) is 0.00737. The predicted octanol–water partition coefficient (Wildman–Crippen LogP) is -2.09. The quantitative estimate of drug-likeness (QED) is 0.510. The van der Waals surface area contributed by atoms with Crippen molar-refractivity contribution in [2.45, 2.75) is 25.3 Å². The Morgan fingerprint density at radius 1 is 1.06 bits per heavy atom. The molecule has 0 aliphatic heterocycles. The van der Waals surface area contributed by atoms with E-state index < -0.39 is 11.8 Å². The van der Waals surface area contributed by atoms with Crippen molar-refractivity contribution < 1.29 is 14.4 Å². The van der Waals surface area contributed by atoms with Crippen LogP contribution in [0.4, 0.5) is 0 Å². The molecule has 1 aliphatic rings. The van der Waals surface area contributed by atoms with Crippen LogP contribution in [0, 0.1) is 5.92 Å². The summed E-state index contributed by atoms with van der Waals surface area (Å²) in [6.45, 7) is -0.568. The van der Waals surface area contributed by atoms with E-state index in [0.29, 0.717) is 12.8 Å². The van der Waals surface area contributed by atoms with E-state index in [2.05, 4.69) is 0 Å². The summed E-state index contributed by atoms with van der Waals surface area (Å²) < 4.78 is 0. The van der Waals surface area contributed by atoms with Crippen molar-refractivity contribution in [3.05, 3.63) is 0 Å². The molecule has 96 valence electrons. The number of amides is 3. The Morgan fingerprint density at radius 2 is 1.59 bits per heavy atom. The molecule has 1 saturated carbocycles. The van der Waals surface area contributed by atoms with E-state index >= 15 is 0 Å². The lowest BCUT2D eigenvalue weighted by atomic mass is 10.1. The average molecular weight is 242 g/mol. The predicted molar refractivity (Wildman–Crippen MR) is 60.3 cm³/mol. The van der Waals surface area contributed by atoms with E-state index in [1.165, 1.54) is 0 Å². The van der Waals surface area contributed by atoms with Gasteiger partial charge in [-0.3, -0.25) is 14.4 Å². The molecule has 0 spiro atoms. The highest BCUT2D eigenvalue weighted by Gasteiger charge is 2.31. The summed E-state index contributed by atoms with van der Waals surface area (Å²) in [4.78, 5) is 34.8. The lowest BCUT2D eigenvalue weighted by Gasteiger charge is -2.22. The van der Waals surface area contributed by atoms with Crippen LogP contribution in [0.3, 0.4) is 0 Å². The molecule has 1 rings (SSSR count). The number of rotatable bonds is 5. The van der Waals surface area contributed by atoms with Gasteiger partial charge >= 0.3 is 0 Å². The Kier molecular flexibility index (Phi) is 4.45. The average Bonchev–Trinajstić information content (AvgIpc) is 2.61. The Bertz CT molecular complexity index is 316. The van der Waals surface area contributed by atoms with Crippen molar-refractivity contribution in [2.24, 2.45) is 23.1 Å². The van der Waals surface area contributed by atoms with Crippen LogP contribution in [0.15, 0.2) is 0 Å². The molecular formula is C10H18N4O3. The molecule has 17 heavy (non-hydrogen) atoms. The summed E-state index contributed by atoms with van der Waals surface area (Å²) in [6.07, 6.45) is 2.03. The van der Waals surface area contributed by atoms with Crippen LogP contribution in [0.5, 0.6) is 0 Å². The van der Waals surface area contributed by atoms with E-state index in [1.807, 2.05) is 0 Å². The maximum atomic E-state index is 12.0. The number of nitrogens with two attached hydrogens (primary N) is 3. The van der Waals surface area contributed by atoms with Gasteiger partial charge < -0.3 is 22.1 Å². The molecule has 7 heteroatoms. The zero-order valence-corrected chi connectivity index (χ0v) is 9.59. The van der Waals surface area contributed by atoms with Gasteiger partial charge in [0.25, 0.3) is 0 Å². The highest BCUT2D eigenvalue weighted by molar-refractivity contribution is 5.89. The molecule has 0 aromatic carbocycles. The highest BCUT2D eigenvalue weighted by Crippen LogP contribution is 2.25. The summed E-state index contributed by atoms with van der Waals surface area (Å²) in [5, 5.41) is 0. The third-order valence-corrected chi connectivity index (χ3v) is 2.83. The van der Waals surface area contributed by atoms with Crippen LogP contribution in [0.1, 0.15) is 19.3 Å². The van der Waals surface area contributed by atoms with Gasteiger partial charge in [0.1, 0.15) is 0 Å². The van der Waals surface area contributed by atoms with Gasteiger partial charge in [-0.15, -0.1) is 0 Å². The molecule has 0 aromatic rings. The first-order valence-corrected chi connectivity index (χ1v) is 5.51. The van der Waals surface area contributed by atoms with E-state index in [4.69, 9.17) is 17.2 Å². The fourth-order valence-electron chi connectivity index (χ4n) is 2.09. The fraction of sp³-hybridized carbons (Fsp3) is 0.700. The van der Waals surface area contributed by atoms with Crippen LogP contribution in [0.2, 0.25) is 0 Å². The van der Waals surface area contributed by atoms with Gasteiger partial charge in [-0.05, 0) is 19.3 Å². The largest absolute Gasteiger partial charge is 0.368 e. The van der Waals surface area contributed by atoms with Crippen LogP contribution >= 0.6 is 0 Å². The lowest BCUT2D eigenvalue weighted by molar-refractivity contribution is -0.141. The van der Waals surface area contributed by atoms with Crippen LogP contribution in [-0.2, 0) is 14.4 Å². The second-order valence-corrected chi connectivity index (χ2v) is 4.40. The van der Waals surface area contributed by atoms with E-state index in [-0.39, 0.29) is 31.0 Å². The van der Waals surface area contributed by atoms with E-state index in [1.54, 1.807) is 0 Å². The zero-order chi connectivity index (χ0) is 13.0. The highest BCUT2D eigenvalue weighted by atomic mass is 16.2. The molecule has 0 bridgehead atoms. The van der Waals surface area contributed by atoms with Crippen molar-refractivity contribution >= 4 is 17.7 Å². The van der Waals surface area contributed by atoms with E-state index in [9.17, 15) is 14.4 Å². The summed E-state index contributed by atoms with van der Waals surface area (Å²) in [5.74, 6) is -1.83. The van der Waals surface area contributed by atoms with Gasteiger partial charge in [0.2, 0.25) is 17.7 Å². The van der Waals surface area contributed by atoms with Gasteiger partial charge in [0, 0.05) is 12.0 Å². The first-order valence-electron chi connectivity index (χ1n) is 5.51. The van der Waals surface area contributed by atoms with Crippen molar-refractivity contribution in [3.63, 3.8) is 0 Å². The monoisotopic (exact) mass is 242 g/mol. The first-order chi connectivity index (χ1) is 7.90. The van der Waals surface area contributed by atoms with Crippen molar-refractivity contribution in [2.75, 3.05) is 13.1 Å². The molecule has 3 amide bonds. The van der Waals surface area contributed by atoms with Gasteiger partial charge in [-0.2, -0.15) is 0 Å². The minimum absolute atomic E-state index is 0.00737. The number of carbonyl (C=O) groups excluding carboxylic acids is 3. The Labute approximate surface area is 99.3 Å². The Balaban J connectivity index is 2.64. The maximum Gasteiger partial charge on any atom is 0.237 e. The standard InChI is InChI=1S/C10H18N4O3/c11-7-2-1-6(3-7)10(17)14(4-8(12)15)5-9(13)16/h6-7H,1-5,11H2,(H2,12,15)(H2,13,16). The van der Waals surface area contributed by atoms with Crippen LogP contribution in [-0.4, -0.2) is 41.8 Å². The normalized spacial score (nSPS) is 23.4. The SMILES string of the molecule is NC(=O)CN(CC(N)=O)C(=O)C1CCC(N)C1. The van der Waals surface area contributed by atoms with Crippen molar-refractivity contribution in [1.82, 2.24) is 4.90 Å². The minimum Gasteiger partial charge on any atom is -0.368 e. The molecule has 0 radical (unpaired) electrons. The number of primary amides is 2. The van der Waals surface area contributed by atoms with Gasteiger partial charge in [-0.25, -0.2) is 0 Å². The van der Waals surface area contributed by atoms with E-state index in [0.717, 1.165) is 11.3 Å². The summed E-state index contributed by atoms with van der Waals surface area (Å²) in [7, 11) is 0. The Hall–Kier alpha value is -1.63. The molecule has 6 N–H and O–H groups in total. The smallest absolute Gasteiger partial charge is 0.237 e. The van der Waals surface area contributed by atoms with Gasteiger partial charge in [0.05, 0.1) is 13.1 Å². The Morgan fingerprint density at radius 3 is 1.94 bits per heavy atom. The minimum atomic E-state index is -0.665. The van der Waals surface area contributed by atoms with Crippen molar-refractivity contribution in [1.29, 1.82) is 0 Å². The number of hydrogen-bond acceptors (Lipinski definition) is 4. The number of nitrogens with zero attached hydrogens (tertiary/aromatic N) is 1. The lowest BCUT2D eigenvalue weighted by Crippen LogP contribution is -2.45. The first kappa shape index (κ1) is 13.4. The van der Waals surface area contributed by atoms with Gasteiger partial charge in [0.15, 0.2) is 0 Å².